The number of unbranched alkanes of at least 4 members (excludes halogenated alkanes) is 2. The minimum Gasteiger partial charge on any atom is -0.508 e. The first-order chi connectivity index (χ1) is 33.0. The summed E-state index contributed by atoms with van der Waals surface area (Å²) in [7, 11) is 0. The van der Waals surface area contributed by atoms with Crippen LogP contribution in [0, 0.1) is 5.82 Å². The molecule has 0 bridgehead atoms. The van der Waals surface area contributed by atoms with Gasteiger partial charge >= 0.3 is 0 Å². The summed E-state index contributed by atoms with van der Waals surface area (Å²) in [5, 5.41) is 21.7. The van der Waals surface area contributed by atoms with Crippen molar-refractivity contribution < 1.29 is 33.5 Å². The number of phenols is 1. The zero-order valence-corrected chi connectivity index (χ0v) is 38.5. The van der Waals surface area contributed by atoms with E-state index in [1.165, 1.54) is 12.1 Å². The Morgan fingerprint density at radius 2 is 1.51 bits per heavy atom. The Morgan fingerprint density at radius 1 is 0.809 bits per heavy atom. The van der Waals surface area contributed by atoms with Crippen LogP contribution in [0.3, 0.4) is 0 Å². The van der Waals surface area contributed by atoms with Gasteiger partial charge in [0.1, 0.15) is 23.1 Å². The van der Waals surface area contributed by atoms with Gasteiger partial charge in [-0.1, -0.05) is 48.5 Å². The first kappa shape index (κ1) is 46.4. The molecule has 1 atom stereocenters. The number of imide groups is 2. The minimum atomic E-state index is -1.00. The second-order valence-corrected chi connectivity index (χ2v) is 18.1. The highest BCUT2D eigenvalue weighted by atomic mass is 35.5. The Balaban J connectivity index is 0.763. The van der Waals surface area contributed by atoms with E-state index in [-0.39, 0.29) is 51.7 Å². The van der Waals surface area contributed by atoms with E-state index < -0.39 is 35.5 Å². The molecule has 4 aliphatic heterocycles. The second-order valence-electron chi connectivity index (χ2n) is 17.7. The topological polar surface area (TPSA) is 184 Å². The maximum absolute atomic E-state index is 17.0. The first-order valence-electron chi connectivity index (χ1n) is 23.3. The van der Waals surface area contributed by atoms with Crippen LogP contribution in [0.15, 0.2) is 73.3 Å². The number of hydrogen-bond acceptors (Lipinski definition) is 13. The SMILES string of the molecule is C=CC(=O)N1CCN(c2nc(NCCCCN3CCN(CCCCNc4cccc5c4C(=O)N(C4CCC(=O)NC4=O)C5=O)CC3)nc3c(F)c(-c4cc(O)cc5ccccc45)c(Cl)cc23)CC1. The number of amides is 5. The van der Waals surface area contributed by atoms with Crippen LogP contribution in [0.4, 0.5) is 21.8 Å². The third-order valence-electron chi connectivity index (χ3n) is 13.4. The molecule has 5 amide bonds. The molecule has 4 aromatic carbocycles. The number of aromatic hydroxyl groups is 1. The van der Waals surface area contributed by atoms with Crippen molar-refractivity contribution in [1.29, 1.82) is 0 Å². The van der Waals surface area contributed by atoms with Crippen molar-refractivity contribution >= 4 is 80.3 Å². The van der Waals surface area contributed by atoms with Gasteiger partial charge < -0.3 is 35.3 Å². The predicted molar refractivity (Wildman–Crippen MR) is 260 cm³/mol. The standard InChI is InChI=1S/C50H54ClFN10O6/c1-2-41(65)60-24-26-61(27-25-60)46-36-30-37(51)42(35-29-32(63)28-31-10-3-4-11-33(31)35)44(52)45(36)56-50(57-46)54-17-6-8-19-59-22-20-58(21-23-59)18-7-5-16-53-38-13-9-12-34-43(38)49(68)62(48(34)67)39-14-15-40(64)55-47(39)66/h2-4,9-13,28-30,39,53,63H,1,5-8,14-27H2,(H,54,56,57)(H,55,64,66). The summed E-state index contributed by atoms with van der Waals surface area (Å²) in [4.78, 5) is 82.4. The van der Waals surface area contributed by atoms with Gasteiger partial charge in [-0.05, 0) is 97.9 Å². The van der Waals surface area contributed by atoms with E-state index in [4.69, 9.17) is 21.6 Å². The molecule has 68 heavy (non-hydrogen) atoms. The lowest BCUT2D eigenvalue weighted by atomic mass is 9.96. The number of piperazine rings is 2. The number of carbonyl (C=O) groups excluding carboxylic acids is 5. The van der Waals surface area contributed by atoms with Crippen molar-refractivity contribution in [3.63, 3.8) is 0 Å². The van der Waals surface area contributed by atoms with Gasteiger partial charge in [-0.15, -0.1) is 0 Å². The van der Waals surface area contributed by atoms with Crippen molar-refractivity contribution in [3.8, 4) is 16.9 Å². The molecule has 0 aliphatic carbocycles. The maximum atomic E-state index is 17.0. The number of nitrogens with one attached hydrogen (secondary N) is 3. The van der Waals surface area contributed by atoms with E-state index in [1.54, 1.807) is 35.2 Å². The van der Waals surface area contributed by atoms with Crippen LogP contribution in [0.25, 0.3) is 32.8 Å². The molecule has 354 valence electrons. The number of halogens is 2. The second kappa shape index (κ2) is 20.3. The van der Waals surface area contributed by atoms with E-state index >= 15 is 4.39 Å². The molecule has 0 spiro atoms. The third-order valence-corrected chi connectivity index (χ3v) is 13.7. The average molecular weight is 945 g/mol. The van der Waals surface area contributed by atoms with Gasteiger partial charge in [0.2, 0.25) is 23.7 Å². The van der Waals surface area contributed by atoms with E-state index in [9.17, 15) is 29.1 Å². The fourth-order valence-electron chi connectivity index (χ4n) is 9.76. The first-order valence-corrected chi connectivity index (χ1v) is 23.7. The molecule has 1 unspecified atom stereocenters. The highest BCUT2D eigenvalue weighted by Crippen LogP contribution is 2.42. The fourth-order valence-corrected chi connectivity index (χ4v) is 10.1. The predicted octanol–water partition coefficient (Wildman–Crippen LogP) is 5.89. The van der Waals surface area contributed by atoms with E-state index in [0.29, 0.717) is 67.7 Å². The lowest BCUT2D eigenvalue weighted by molar-refractivity contribution is -0.136. The molecule has 9 rings (SSSR count). The van der Waals surface area contributed by atoms with E-state index in [1.807, 2.05) is 29.2 Å². The molecule has 4 N–H and O–H groups in total. The molecule has 5 heterocycles. The van der Waals surface area contributed by atoms with Crippen molar-refractivity contribution in [3.05, 3.63) is 95.3 Å². The highest BCUT2D eigenvalue weighted by molar-refractivity contribution is 6.35. The lowest BCUT2D eigenvalue weighted by Gasteiger charge is -2.35. The number of anilines is 3. The number of aromatic nitrogens is 2. The summed E-state index contributed by atoms with van der Waals surface area (Å²) in [6.07, 6.45) is 5.10. The number of fused-ring (bicyclic) bond motifs is 3. The van der Waals surface area contributed by atoms with Crippen molar-refractivity contribution in [2.24, 2.45) is 0 Å². The van der Waals surface area contributed by atoms with Gasteiger partial charge in [0.15, 0.2) is 5.82 Å². The Bertz CT molecular complexity index is 2810. The molecular weight excluding hydrogens is 891 g/mol. The number of piperidine rings is 1. The van der Waals surface area contributed by atoms with Crippen LogP contribution in [0.2, 0.25) is 5.02 Å². The lowest BCUT2D eigenvalue weighted by Crippen LogP contribution is -2.54. The van der Waals surface area contributed by atoms with Crippen LogP contribution in [-0.4, -0.2) is 149 Å². The Morgan fingerprint density at radius 3 is 2.22 bits per heavy atom. The summed E-state index contributed by atoms with van der Waals surface area (Å²) < 4.78 is 17.0. The zero-order chi connectivity index (χ0) is 47.5. The Labute approximate surface area is 398 Å². The van der Waals surface area contributed by atoms with Crippen molar-refractivity contribution in [2.45, 2.75) is 44.6 Å². The molecule has 0 saturated carbocycles. The number of hydrogen-bond donors (Lipinski definition) is 4. The van der Waals surface area contributed by atoms with Crippen molar-refractivity contribution in [1.82, 2.24) is 34.9 Å². The van der Waals surface area contributed by atoms with Crippen LogP contribution < -0.4 is 20.9 Å². The van der Waals surface area contributed by atoms with Crippen LogP contribution in [0.1, 0.15) is 59.2 Å². The smallest absolute Gasteiger partial charge is 0.264 e. The molecule has 0 radical (unpaired) electrons. The van der Waals surface area contributed by atoms with Gasteiger partial charge in [0, 0.05) is 88.5 Å². The van der Waals surface area contributed by atoms with Gasteiger partial charge in [0.25, 0.3) is 11.8 Å². The van der Waals surface area contributed by atoms with Gasteiger partial charge in [-0.2, -0.15) is 4.98 Å². The van der Waals surface area contributed by atoms with Crippen LogP contribution in [-0.2, 0) is 14.4 Å². The van der Waals surface area contributed by atoms with E-state index in [2.05, 4.69) is 32.3 Å². The summed E-state index contributed by atoms with van der Waals surface area (Å²) in [5.74, 6) is -2.01. The number of phenolic OH excluding ortho intramolecular Hbond substituents is 1. The summed E-state index contributed by atoms with van der Waals surface area (Å²) in [5.41, 5.74) is 1.81. The number of rotatable bonds is 16. The molecule has 5 aromatic rings. The average Bonchev–Trinajstić information content (AvgIpc) is 3.60. The van der Waals surface area contributed by atoms with Gasteiger partial charge in [-0.3, -0.25) is 34.2 Å². The Kier molecular flexibility index (Phi) is 13.8. The molecule has 3 saturated heterocycles. The summed E-state index contributed by atoms with van der Waals surface area (Å²) in [6, 6.07) is 16.4. The molecule has 4 aliphatic rings. The number of nitrogens with zero attached hydrogens (tertiary/aromatic N) is 7. The quantitative estimate of drug-likeness (QED) is 0.0523. The molecule has 1 aromatic heterocycles. The largest absolute Gasteiger partial charge is 0.508 e. The number of benzene rings is 4. The molecular formula is C50H54ClFN10O6. The third kappa shape index (κ3) is 9.55. The van der Waals surface area contributed by atoms with Gasteiger partial charge in [-0.25, -0.2) is 9.37 Å². The van der Waals surface area contributed by atoms with Crippen molar-refractivity contribution in [2.75, 3.05) is 94.1 Å². The summed E-state index contributed by atoms with van der Waals surface area (Å²) in [6.45, 7) is 12.4. The molecule has 18 heteroatoms. The van der Waals surface area contributed by atoms with E-state index in [0.717, 1.165) is 80.6 Å². The monoisotopic (exact) mass is 944 g/mol. The van der Waals surface area contributed by atoms with Crippen LogP contribution in [0.5, 0.6) is 5.75 Å². The maximum Gasteiger partial charge on any atom is 0.264 e. The fraction of sp³-hybridized carbons (Fsp3) is 0.380. The number of carbonyl (C=O) groups is 5. The highest BCUT2D eigenvalue weighted by Gasteiger charge is 2.45. The minimum absolute atomic E-state index is 0.00647. The molecule has 3 fully saturated rings. The summed E-state index contributed by atoms with van der Waals surface area (Å²) >= 11 is 6.91. The van der Waals surface area contributed by atoms with Gasteiger partial charge in [0.05, 0.1) is 16.1 Å². The van der Waals surface area contributed by atoms with Crippen LogP contribution >= 0.6 is 11.6 Å². The Hall–Kier alpha value is -6.69. The molecule has 16 nitrogen and oxygen atoms in total. The normalized spacial score (nSPS) is 18.1. The zero-order valence-electron chi connectivity index (χ0n) is 37.7.